The maximum atomic E-state index is 14.5. The number of carbonyl (C=O) groups excluding carboxylic acids is 1. The first-order valence-electron chi connectivity index (χ1n) is 11.4. The molecule has 4 nitrogen and oxygen atoms in total. The molecule has 0 saturated carbocycles. The van der Waals surface area contributed by atoms with Gasteiger partial charge in [-0.3, -0.25) is 4.90 Å². The molecule has 178 valence electrons. The Morgan fingerprint density at radius 3 is 2.03 bits per heavy atom. The minimum Gasteiger partial charge on any atom is -0.490 e. The molecule has 0 amide bonds. The zero-order chi connectivity index (χ0) is 24.3. The van der Waals surface area contributed by atoms with Gasteiger partial charge in [0.05, 0.1) is 18.2 Å². The number of carbonyl (C=O) groups is 1. The summed E-state index contributed by atoms with van der Waals surface area (Å²) in [5.74, 6) is -2.58. The number of benzene rings is 3. The highest BCUT2D eigenvalue weighted by Crippen LogP contribution is 2.34. The van der Waals surface area contributed by atoms with Crippen LogP contribution in [0.25, 0.3) is 0 Å². The van der Waals surface area contributed by atoms with Gasteiger partial charge in [0.15, 0.2) is 11.6 Å². The van der Waals surface area contributed by atoms with E-state index in [9.17, 15) is 13.6 Å². The minimum absolute atomic E-state index is 0.126. The van der Waals surface area contributed by atoms with Crippen LogP contribution in [0.3, 0.4) is 0 Å². The molecular weight excluding hydrogens is 436 g/mol. The Labute approximate surface area is 199 Å². The Morgan fingerprint density at radius 1 is 0.941 bits per heavy atom. The van der Waals surface area contributed by atoms with Gasteiger partial charge in [-0.25, -0.2) is 13.6 Å². The van der Waals surface area contributed by atoms with Gasteiger partial charge in [0, 0.05) is 25.1 Å². The van der Waals surface area contributed by atoms with Crippen molar-refractivity contribution < 1.29 is 23.0 Å². The Balaban J connectivity index is 1.39. The average molecular weight is 466 g/mol. The molecule has 0 aromatic heterocycles. The normalized spacial score (nSPS) is 14.6. The van der Waals surface area contributed by atoms with E-state index in [4.69, 9.17) is 9.47 Å². The highest BCUT2D eigenvalue weighted by Gasteiger charge is 2.34. The Kier molecular flexibility index (Phi) is 6.98. The third-order valence-corrected chi connectivity index (χ3v) is 5.70. The molecule has 6 heteroatoms. The van der Waals surface area contributed by atoms with Gasteiger partial charge >= 0.3 is 5.97 Å². The van der Waals surface area contributed by atoms with Crippen molar-refractivity contribution in [1.29, 1.82) is 0 Å². The molecule has 1 aliphatic heterocycles. The number of hydrogen-bond acceptors (Lipinski definition) is 4. The fourth-order valence-electron chi connectivity index (χ4n) is 4.15. The summed E-state index contributed by atoms with van der Waals surface area (Å²) in [6, 6.07) is 22.5. The number of nitrogens with zero attached hydrogens (tertiary/aromatic N) is 1. The van der Waals surface area contributed by atoms with Crippen LogP contribution >= 0.6 is 0 Å². The zero-order valence-electron chi connectivity index (χ0n) is 19.6. The van der Waals surface area contributed by atoms with Crippen LogP contribution in [-0.4, -0.2) is 36.2 Å². The van der Waals surface area contributed by atoms with Crippen LogP contribution in [0.15, 0.2) is 72.8 Å². The molecule has 34 heavy (non-hydrogen) atoms. The van der Waals surface area contributed by atoms with E-state index in [1.807, 2.05) is 36.4 Å². The van der Waals surface area contributed by atoms with E-state index in [0.29, 0.717) is 0 Å². The van der Waals surface area contributed by atoms with E-state index in [-0.39, 0.29) is 24.3 Å². The fraction of sp³-hybridized carbons (Fsp3) is 0.321. The van der Waals surface area contributed by atoms with Crippen molar-refractivity contribution in [2.24, 2.45) is 5.92 Å². The summed E-state index contributed by atoms with van der Waals surface area (Å²) in [4.78, 5) is 14.5. The Bertz CT molecular complexity index is 1080. The average Bonchev–Trinajstić information content (AvgIpc) is 2.77. The summed E-state index contributed by atoms with van der Waals surface area (Å²) >= 11 is 0. The molecule has 1 aliphatic rings. The monoisotopic (exact) mass is 465 g/mol. The second-order valence-electron chi connectivity index (χ2n) is 9.62. The van der Waals surface area contributed by atoms with Crippen LogP contribution < -0.4 is 4.74 Å². The SMILES string of the molecule is CC(C)(C)OC(=O)c1cc(F)c(OCC2CN(C(c3ccccc3)c3ccccc3)C2)cc1F. The van der Waals surface area contributed by atoms with E-state index < -0.39 is 28.8 Å². The summed E-state index contributed by atoms with van der Waals surface area (Å²) < 4.78 is 39.7. The molecule has 0 aliphatic carbocycles. The number of esters is 1. The van der Waals surface area contributed by atoms with Crippen LogP contribution in [0.1, 0.15) is 48.3 Å². The molecule has 3 aromatic carbocycles. The molecule has 3 aromatic rings. The van der Waals surface area contributed by atoms with E-state index in [1.54, 1.807) is 20.8 Å². The molecule has 0 bridgehead atoms. The van der Waals surface area contributed by atoms with Crippen molar-refractivity contribution in [1.82, 2.24) is 4.90 Å². The van der Waals surface area contributed by atoms with E-state index in [2.05, 4.69) is 29.2 Å². The molecule has 4 rings (SSSR count). The highest BCUT2D eigenvalue weighted by atomic mass is 19.1. The second-order valence-corrected chi connectivity index (χ2v) is 9.62. The quantitative estimate of drug-likeness (QED) is 0.400. The van der Waals surface area contributed by atoms with Crippen molar-refractivity contribution in [3.63, 3.8) is 0 Å². The second kappa shape index (κ2) is 9.94. The lowest BCUT2D eigenvalue weighted by molar-refractivity contribution is 0.00637. The van der Waals surface area contributed by atoms with Crippen molar-refractivity contribution >= 4 is 5.97 Å². The van der Waals surface area contributed by atoms with Gasteiger partial charge in [0.25, 0.3) is 0 Å². The van der Waals surface area contributed by atoms with Crippen molar-refractivity contribution in [2.45, 2.75) is 32.4 Å². The Morgan fingerprint density at radius 2 is 1.50 bits per heavy atom. The lowest BCUT2D eigenvalue weighted by atomic mass is 9.90. The van der Waals surface area contributed by atoms with Gasteiger partial charge in [-0.05, 0) is 38.0 Å². The topological polar surface area (TPSA) is 38.8 Å². The summed E-state index contributed by atoms with van der Waals surface area (Å²) in [5.41, 5.74) is 1.17. The molecule has 1 saturated heterocycles. The lowest BCUT2D eigenvalue weighted by Gasteiger charge is -2.44. The molecule has 0 N–H and O–H groups in total. The van der Waals surface area contributed by atoms with E-state index in [0.717, 1.165) is 25.2 Å². The molecule has 0 radical (unpaired) electrons. The molecular formula is C28H29F2NO3. The maximum Gasteiger partial charge on any atom is 0.341 e. The molecule has 0 unspecified atom stereocenters. The van der Waals surface area contributed by atoms with Crippen LogP contribution in [0, 0.1) is 17.6 Å². The molecule has 0 atom stereocenters. The molecule has 1 fully saturated rings. The smallest absolute Gasteiger partial charge is 0.341 e. The summed E-state index contributed by atoms with van der Waals surface area (Å²) in [6.07, 6.45) is 0. The minimum atomic E-state index is -0.905. The van der Waals surface area contributed by atoms with Crippen molar-refractivity contribution in [2.75, 3.05) is 19.7 Å². The first-order chi connectivity index (χ1) is 16.2. The van der Waals surface area contributed by atoms with Crippen LogP contribution in [0.4, 0.5) is 8.78 Å². The largest absolute Gasteiger partial charge is 0.490 e. The first kappa shape index (κ1) is 23.9. The first-order valence-corrected chi connectivity index (χ1v) is 11.4. The van der Waals surface area contributed by atoms with Gasteiger partial charge in [-0.15, -0.1) is 0 Å². The van der Waals surface area contributed by atoms with Gasteiger partial charge in [-0.1, -0.05) is 60.7 Å². The maximum absolute atomic E-state index is 14.5. The Hall–Kier alpha value is -3.25. The van der Waals surface area contributed by atoms with Crippen molar-refractivity contribution in [3.05, 3.63) is 101 Å². The number of hydrogen-bond donors (Lipinski definition) is 0. The number of likely N-dealkylation sites (tertiary alicyclic amines) is 1. The third kappa shape index (κ3) is 5.62. The standard InChI is InChI=1S/C28H29F2NO3/c1-28(2,3)34-27(32)22-14-24(30)25(15-23(22)29)33-18-19-16-31(17-19)26(20-10-6-4-7-11-20)21-12-8-5-9-13-21/h4-15,19,26H,16-18H2,1-3H3. The lowest BCUT2D eigenvalue weighted by Crippen LogP contribution is -2.51. The van der Waals surface area contributed by atoms with Crippen LogP contribution in [-0.2, 0) is 4.74 Å². The van der Waals surface area contributed by atoms with Gasteiger partial charge < -0.3 is 9.47 Å². The summed E-state index contributed by atoms with van der Waals surface area (Å²) in [5, 5.41) is 0. The fourth-order valence-corrected chi connectivity index (χ4v) is 4.15. The van der Waals surface area contributed by atoms with Gasteiger partial charge in [-0.2, -0.15) is 0 Å². The van der Waals surface area contributed by atoms with E-state index >= 15 is 0 Å². The molecule has 1 heterocycles. The van der Waals surface area contributed by atoms with Crippen LogP contribution in [0.2, 0.25) is 0 Å². The van der Waals surface area contributed by atoms with Gasteiger partial charge in [0.2, 0.25) is 0 Å². The highest BCUT2D eigenvalue weighted by molar-refractivity contribution is 5.90. The zero-order valence-corrected chi connectivity index (χ0v) is 19.6. The summed E-state index contributed by atoms with van der Waals surface area (Å²) in [6.45, 7) is 6.80. The predicted molar refractivity (Wildman–Crippen MR) is 127 cm³/mol. The van der Waals surface area contributed by atoms with Crippen molar-refractivity contribution in [3.8, 4) is 5.75 Å². The number of rotatable bonds is 7. The predicted octanol–water partition coefficient (Wildman–Crippen LogP) is 6.02. The number of ether oxygens (including phenoxy) is 2. The van der Waals surface area contributed by atoms with Crippen LogP contribution in [0.5, 0.6) is 5.75 Å². The van der Waals surface area contributed by atoms with E-state index in [1.165, 1.54) is 11.1 Å². The summed E-state index contributed by atoms with van der Waals surface area (Å²) in [7, 11) is 0. The number of halogens is 2. The molecule has 0 spiro atoms. The van der Waals surface area contributed by atoms with Gasteiger partial charge in [0.1, 0.15) is 11.4 Å². The third-order valence-electron chi connectivity index (χ3n) is 5.70.